The number of hydrogen-bond donors (Lipinski definition) is 4. The molecular weight excluding hydrogens is 774 g/mol. The van der Waals surface area contributed by atoms with Crippen molar-refractivity contribution < 1.29 is 61.6 Å². The Labute approximate surface area is 344 Å². The molecule has 15 heteroatoms. The van der Waals surface area contributed by atoms with Crippen molar-refractivity contribution in [1.29, 1.82) is 0 Å². The van der Waals surface area contributed by atoms with Gasteiger partial charge in [0.2, 0.25) is 0 Å². The summed E-state index contributed by atoms with van der Waals surface area (Å²) in [7, 11) is -9.66. The number of hydrogen-bond acceptors (Lipinski definition) is 10. The van der Waals surface area contributed by atoms with E-state index in [-0.39, 0.29) is 19.4 Å². The molecule has 0 spiro atoms. The van der Waals surface area contributed by atoms with E-state index in [1.807, 2.05) is 0 Å². The number of phosphoric ester groups is 2. The topological polar surface area (TPSA) is 195 Å². The van der Waals surface area contributed by atoms with E-state index in [9.17, 15) is 28.7 Å². The quantitative estimate of drug-likeness (QED) is 0.0196. The van der Waals surface area contributed by atoms with Crippen LogP contribution >= 0.6 is 15.6 Å². The Morgan fingerprint density at radius 1 is 0.491 bits per heavy atom. The first-order valence-electron chi connectivity index (χ1n) is 22.0. The van der Waals surface area contributed by atoms with Crippen LogP contribution in [-0.4, -0.2) is 70.4 Å². The Morgan fingerprint density at radius 2 is 0.860 bits per heavy atom. The summed E-state index contributed by atoms with van der Waals surface area (Å²) < 4.78 is 47.8. The Balaban J connectivity index is 4.51. The molecule has 0 radical (unpaired) electrons. The maximum absolute atomic E-state index is 12.7. The molecule has 57 heavy (non-hydrogen) atoms. The third-order valence-electron chi connectivity index (χ3n) is 9.30. The molecule has 0 aliphatic rings. The molecule has 3 atom stereocenters. The van der Waals surface area contributed by atoms with Gasteiger partial charge in [-0.1, -0.05) is 141 Å². The summed E-state index contributed by atoms with van der Waals surface area (Å²) in [5, 5.41) is 9.74. The van der Waals surface area contributed by atoms with Crippen molar-refractivity contribution in [3.05, 3.63) is 24.3 Å². The number of carbonyl (C=O) groups excluding carboxylic acids is 2. The normalized spacial score (nSPS) is 14.3. The Hall–Kier alpha value is -1.40. The van der Waals surface area contributed by atoms with Gasteiger partial charge < -0.3 is 29.3 Å². The third kappa shape index (κ3) is 42.5. The lowest BCUT2D eigenvalue weighted by molar-refractivity contribution is -0.161. The number of aliphatic hydroxyl groups excluding tert-OH is 1. The lowest BCUT2D eigenvalue weighted by Gasteiger charge is -2.20. The minimum absolute atomic E-state index is 0.127. The monoisotopic (exact) mass is 855 g/mol. The predicted octanol–water partition coefficient (Wildman–Crippen LogP) is 11.1. The maximum Gasteiger partial charge on any atom is 0.472 e. The highest BCUT2D eigenvalue weighted by atomic mass is 31.2. The Kier molecular flexibility index (Phi) is 37.8. The van der Waals surface area contributed by atoms with E-state index in [4.69, 9.17) is 23.8 Å². The molecule has 1 unspecified atom stereocenters. The first kappa shape index (κ1) is 55.6. The Morgan fingerprint density at radius 3 is 1.30 bits per heavy atom. The molecule has 13 nitrogen and oxygen atoms in total. The summed E-state index contributed by atoms with van der Waals surface area (Å²) >= 11 is 0. The van der Waals surface area contributed by atoms with Crippen LogP contribution in [0.2, 0.25) is 0 Å². The third-order valence-corrected chi connectivity index (χ3v) is 10.7. The van der Waals surface area contributed by atoms with E-state index in [1.165, 1.54) is 89.9 Å². The second-order valence-corrected chi connectivity index (χ2v) is 17.7. The molecule has 0 saturated heterocycles. The molecular formula is C42H80O13P2. The Bertz CT molecular complexity index is 1110. The number of phosphoric acid groups is 2. The minimum Gasteiger partial charge on any atom is -0.462 e. The molecule has 0 aliphatic carbocycles. The summed E-state index contributed by atoms with van der Waals surface area (Å²) in [6.07, 6.45) is 35.9. The molecule has 0 fully saturated rings. The van der Waals surface area contributed by atoms with Gasteiger partial charge in [0.05, 0.1) is 19.8 Å². The highest BCUT2D eigenvalue weighted by Crippen LogP contribution is 2.43. The molecule has 0 heterocycles. The van der Waals surface area contributed by atoms with Gasteiger partial charge in [-0.25, -0.2) is 9.13 Å². The van der Waals surface area contributed by atoms with Crippen LogP contribution in [0.15, 0.2) is 24.3 Å². The van der Waals surface area contributed by atoms with Crippen molar-refractivity contribution >= 4 is 27.6 Å². The van der Waals surface area contributed by atoms with E-state index < -0.39 is 59.6 Å². The van der Waals surface area contributed by atoms with Crippen LogP contribution in [0.25, 0.3) is 0 Å². The summed E-state index contributed by atoms with van der Waals surface area (Å²) in [5.41, 5.74) is 0. The van der Waals surface area contributed by atoms with Crippen LogP contribution in [0.1, 0.15) is 194 Å². The lowest BCUT2D eigenvalue weighted by Crippen LogP contribution is -2.30. The number of ether oxygens (including phenoxy) is 2. The van der Waals surface area contributed by atoms with Crippen LogP contribution in [0.3, 0.4) is 0 Å². The highest BCUT2D eigenvalue weighted by molar-refractivity contribution is 7.47. The van der Waals surface area contributed by atoms with Gasteiger partial charge in [-0.05, 0) is 64.2 Å². The molecule has 0 amide bonds. The van der Waals surface area contributed by atoms with Crippen LogP contribution in [-0.2, 0) is 41.8 Å². The van der Waals surface area contributed by atoms with E-state index in [0.29, 0.717) is 12.8 Å². The number of esters is 2. The van der Waals surface area contributed by atoms with Gasteiger partial charge in [-0.3, -0.25) is 23.2 Å². The average molecular weight is 855 g/mol. The molecule has 336 valence electrons. The van der Waals surface area contributed by atoms with Crippen molar-refractivity contribution in [1.82, 2.24) is 0 Å². The minimum atomic E-state index is -4.86. The van der Waals surface area contributed by atoms with E-state index >= 15 is 0 Å². The van der Waals surface area contributed by atoms with Gasteiger partial charge in [0.15, 0.2) is 6.10 Å². The lowest BCUT2D eigenvalue weighted by atomic mass is 10.1. The zero-order chi connectivity index (χ0) is 42.3. The fraction of sp³-hybridized carbons (Fsp3) is 0.857. The fourth-order valence-electron chi connectivity index (χ4n) is 5.93. The van der Waals surface area contributed by atoms with Gasteiger partial charge in [-0.15, -0.1) is 0 Å². The molecule has 0 bridgehead atoms. The van der Waals surface area contributed by atoms with E-state index in [0.717, 1.165) is 64.2 Å². The molecule has 0 saturated carbocycles. The van der Waals surface area contributed by atoms with Gasteiger partial charge in [-0.2, -0.15) is 0 Å². The summed E-state index contributed by atoms with van der Waals surface area (Å²) in [4.78, 5) is 52.7. The van der Waals surface area contributed by atoms with Crippen LogP contribution in [0.4, 0.5) is 0 Å². The number of unbranched alkanes of at least 4 members (excludes halogenated alkanes) is 22. The fourth-order valence-corrected chi connectivity index (χ4v) is 7.08. The second-order valence-electron chi connectivity index (χ2n) is 15.0. The standard InChI is InChI=1S/C42H80O13P2/c1-3-5-7-9-11-13-15-17-19-21-23-25-27-29-31-33-41(44)51-37-40(38-54-57(49,50)53-36-39(43)35-52-56(46,47)48)55-42(45)34-32-30-28-26-24-22-20-18-16-14-12-10-8-6-4-2/h13-16,39-40,43H,3-12,17-38H2,1-2H3,(H,49,50)(H2,46,47,48)/b15-13-,16-14-/t39-,40+/m0/s1. The van der Waals surface area contributed by atoms with Crippen molar-refractivity contribution in [3.63, 3.8) is 0 Å². The predicted molar refractivity (Wildman–Crippen MR) is 225 cm³/mol. The number of allylic oxidation sites excluding steroid dienone is 4. The number of aliphatic hydroxyl groups is 1. The van der Waals surface area contributed by atoms with Crippen molar-refractivity contribution in [2.24, 2.45) is 0 Å². The largest absolute Gasteiger partial charge is 0.472 e. The van der Waals surface area contributed by atoms with Gasteiger partial charge in [0.25, 0.3) is 0 Å². The first-order chi connectivity index (χ1) is 27.4. The molecule has 0 aromatic carbocycles. The van der Waals surface area contributed by atoms with E-state index in [1.54, 1.807) is 0 Å². The van der Waals surface area contributed by atoms with E-state index in [2.05, 4.69) is 47.2 Å². The van der Waals surface area contributed by atoms with Crippen LogP contribution in [0.5, 0.6) is 0 Å². The molecule has 0 aromatic rings. The van der Waals surface area contributed by atoms with Crippen LogP contribution in [0, 0.1) is 0 Å². The number of rotatable bonds is 42. The molecule has 4 N–H and O–H groups in total. The van der Waals surface area contributed by atoms with Crippen molar-refractivity contribution in [3.8, 4) is 0 Å². The summed E-state index contributed by atoms with van der Waals surface area (Å²) in [6, 6.07) is 0. The zero-order valence-corrected chi connectivity index (χ0v) is 37.2. The first-order valence-corrected chi connectivity index (χ1v) is 25.1. The molecule has 0 aromatic heterocycles. The number of carbonyl (C=O) groups is 2. The summed E-state index contributed by atoms with van der Waals surface area (Å²) in [6.45, 7) is 1.74. The molecule has 0 rings (SSSR count). The van der Waals surface area contributed by atoms with Gasteiger partial charge in [0.1, 0.15) is 12.7 Å². The smallest absolute Gasteiger partial charge is 0.462 e. The van der Waals surface area contributed by atoms with Crippen LogP contribution < -0.4 is 0 Å². The maximum atomic E-state index is 12.7. The average Bonchev–Trinajstić information content (AvgIpc) is 3.17. The van der Waals surface area contributed by atoms with Crippen molar-refractivity contribution in [2.45, 2.75) is 206 Å². The highest BCUT2D eigenvalue weighted by Gasteiger charge is 2.28. The van der Waals surface area contributed by atoms with Gasteiger partial charge in [0, 0.05) is 12.8 Å². The SMILES string of the molecule is CCCCCC/C=C\CCCCCCCCCC(=O)OC[C@H](COP(=O)(O)OC[C@@H](O)COP(=O)(O)O)OC(=O)CCCCCCCCC/C=C\CCCCCC. The van der Waals surface area contributed by atoms with Gasteiger partial charge >= 0.3 is 27.6 Å². The van der Waals surface area contributed by atoms with Crippen molar-refractivity contribution in [2.75, 3.05) is 26.4 Å². The summed E-state index contributed by atoms with van der Waals surface area (Å²) in [5.74, 6) is -1.04. The second kappa shape index (κ2) is 38.8. The zero-order valence-electron chi connectivity index (χ0n) is 35.4. The molecule has 0 aliphatic heterocycles.